The summed E-state index contributed by atoms with van der Waals surface area (Å²) >= 11 is 0. The summed E-state index contributed by atoms with van der Waals surface area (Å²) in [4.78, 5) is 14.1. The Balaban J connectivity index is 2.07. The highest BCUT2D eigenvalue weighted by atomic mass is 16.6. The third-order valence-corrected chi connectivity index (χ3v) is 3.83. The van der Waals surface area contributed by atoms with Crippen molar-refractivity contribution < 1.29 is 14.3 Å². The molecule has 0 aromatic carbocycles. The number of amides is 1. The molecular formula is C16H28N4O3. The molecule has 7 nitrogen and oxygen atoms in total. The first-order valence-electron chi connectivity index (χ1n) is 8.00. The number of nitrogens with zero attached hydrogens (tertiary/aromatic N) is 3. The molecule has 0 aliphatic carbocycles. The molecule has 1 aliphatic rings. The fraction of sp³-hybridized carbons (Fsp3) is 0.750. The molecule has 2 atom stereocenters. The number of hydrogen-bond donors (Lipinski definition) is 1. The molecule has 0 saturated carbocycles. The zero-order chi connectivity index (χ0) is 17.2. The van der Waals surface area contributed by atoms with Gasteiger partial charge in [0.15, 0.2) is 0 Å². The summed E-state index contributed by atoms with van der Waals surface area (Å²) in [5, 5.41) is 4.34. The van der Waals surface area contributed by atoms with Crippen molar-refractivity contribution in [1.29, 1.82) is 0 Å². The van der Waals surface area contributed by atoms with Crippen molar-refractivity contribution in [1.82, 2.24) is 14.7 Å². The van der Waals surface area contributed by atoms with E-state index >= 15 is 0 Å². The summed E-state index contributed by atoms with van der Waals surface area (Å²) in [6, 6.07) is 1.58. The van der Waals surface area contributed by atoms with Crippen LogP contribution in [0.3, 0.4) is 0 Å². The SMILES string of the molecule is Cc1cc(CC(N)C2COCCN2C(=O)OC(C)(C)C)n(C)n1. The van der Waals surface area contributed by atoms with Gasteiger partial charge in [0, 0.05) is 31.7 Å². The van der Waals surface area contributed by atoms with Crippen LogP contribution in [-0.2, 0) is 22.9 Å². The van der Waals surface area contributed by atoms with Crippen molar-refractivity contribution in [2.75, 3.05) is 19.8 Å². The average molecular weight is 324 g/mol. The van der Waals surface area contributed by atoms with Crippen molar-refractivity contribution in [3.63, 3.8) is 0 Å². The summed E-state index contributed by atoms with van der Waals surface area (Å²) in [5.41, 5.74) is 7.86. The summed E-state index contributed by atoms with van der Waals surface area (Å²) in [5.74, 6) is 0. The Labute approximate surface area is 137 Å². The number of carbonyl (C=O) groups is 1. The summed E-state index contributed by atoms with van der Waals surface area (Å²) < 4.78 is 12.9. The summed E-state index contributed by atoms with van der Waals surface area (Å²) in [7, 11) is 1.90. The Morgan fingerprint density at radius 2 is 2.26 bits per heavy atom. The molecule has 23 heavy (non-hydrogen) atoms. The zero-order valence-corrected chi connectivity index (χ0v) is 14.7. The molecule has 0 spiro atoms. The molecule has 1 aliphatic heterocycles. The summed E-state index contributed by atoms with van der Waals surface area (Å²) in [6.07, 6.45) is 0.299. The highest BCUT2D eigenvalue weighted by molar-refractivity contribution is 5.68. The molecule has 2 N–H and O–H groups in total. The number of rotatable bonds is 3. The molecule has 130 valence electrons. The maximum Gasteiger partial charge on any atom is 0.410 e. The van der Waals surface area contributed by atoms with Crippen LogP contribution in [0.15, 0.2) is 6.07 Å². The summed E-state index contributed by atoms with van der Waals surface area (Å²) in [6.45, 7) is 8.96. The third kappa shape index (κ3) is 4.68. The highest BCUT2D eigenvalue weighted by Gasteiger charge is 2.34. The van der Waals surface area contributed by atoms with Gasteiger partial charge in [-0.3, -0.25) is 9.58 Å². The molecule has 2 heterocycles. The molecule has 1 aromatic rings. The fourth-order valence-electron chi connectivity index (χ4n) is 2.76. The number of aromatic nitrogens is 2. The number of ether oxygens (including phenoxy) is 2. The smallest absolute Gasteiger partial charge is 0.410 e. The monoisotopic (exact) mass is 324 g/mol. The third-order valence-electron chi connectivity index (χ3n) is 3.83. The molecule has 0 bridgehead atoms. The zero-order valence-electron chi connectivity index (χ0n) is 14.7. The number of carbonyl (C=O) groups excluding carboxylic acids is 1. The fourth-order valence-corrected chi connectivity index (χ4v) is 2.76. The molecule has 0 radical (unpaired) electrons. The van der Waals surface area contributed by atoms with E-state index in [1.165, 1.54) is 0 Å². The van der Waals surface area contributed by atoms with Crippen molar-refractivity contribution in [3.8, 4) is 0 Å². The van der Waals surface area contributed by atoms with Crippen LogP contribution < -0.4 is 5.73 Å². The van der Waals surface area contributed by atoms with E-state index in [1.807, 2.05) is 45.5 Å². The standard InChI is InChI=1S/C16H28N4O3/c1-11-8-12(19(5)18-11)9-13(17)14-10-22-7-6-20(14)15(21)23-16(2,3)4/h8,13-14H,6-7,9-10,17H2,1-5H3. The topological polar surface area (TPSA) is 82.6 Å². The van der Waals surface area contributed by atoms with E-state index in [1.54, 1.807) is 4.90 Å². The van der Waals surface area contributed by atoms with E-state index in [4.69, 9.17) is 15.2 Å². The Bertz CT molecular complexity index is 550. The van der Waals surface area contributed by atoms with Crippen molar-refractivity contribution in [2.24, 2.45) is 12.8 Å². The molecule has 7 heteroatoms. The minimum absolute atomic E-state index is 0.200. The Hall–Kier alpha value is -1.60. The number of morpholine rings is 1. The first-order valence-corrected chi connectivity index (χ1v) is 8.00. The van der Waals surface area contributed by atoms with Crippen LogP contribution in [0.25, 0.3) is 0 Å². The molecule has 2 unspecified atom stereocenters. The second kappa shape index (κ2) is 6.88. The average Bonchev–Trinajstić information content (AvgIpc) is 2.75. The van der Waals surface area contributed by atoms with Crippen molar-refractivity contribution >= 4 is 6.09 Å². The van der Waals surface area contributed by atoms with Gasteiger partial charge < -0.3 is 15.2 Å². The lowest BCUT2D eigenvalue weighted by molar-refractivity contribution is -0.0379. The van der Waals surface area contributed by atoms with E-state index in [0.29, 0.717) is 26.2 Å². The maximum atomic E-state index is 12.4. The van der Waals surface area contributed by atoms with E-state index in [9.17, 15) is 4.79 Å². The molecule has 1 aromatic heterocycles. The normalized spacial score (nSPS) is 20.4. The van der Waals surface area contributed by atoms with Gasteiger partial charge in [-0.1, -0.05) is 0 Å². The highest BCUT2D eigenvalue weighted by Crippen LogP contribution is 2.18. The van der Waals surface area contributed by atoms with Crippen molar-refractivity contribution in [3.05, 3.63) is 17.5 Å². The second-order valence-electron chi connectivity index (χ2n) is 7.08. The van der Waals surface area contributed by atoms with Crippen LogP contribution in [0.1, 0.15) is 32.2 Å². The second-order valence-corrected chi connectivity index (χ2v) is 7.08. The van der Waals surface area contributed by atoms with Gasteiger partial charge in [0.05, 0.1) is 24.9 Å². The Morgan fingerprint density at radius 3 is 2.83 bits per heavy atom. The molecular weight excluding hydrogens is 296 g/mol. The minimum Gasteiger partial charge on any atom is -0.444 e. The Kier molecular flexibility index (Phi) is 5.31. The predicted octanol–water partition coefficient (Wildman–Crippen LogP) is 1.23. The van der Waals surface area contributed by atoms with E-state index in [2.05, 4.69) is 5.10 Å². The van der Waals surface area contributed by atoms with E-state index in [-0.39, 0.29) is 18.2 Å². The molecule has 1 amide bonds. The van der Waals surface area contributed by atoms with Crippen LogP contribution in [0.2, 0.25) is 0 Å². The molecule has 1 saturated heterocycles. The molecule has 2 rings (SSSR count). The van der Waals surface area contributed by atoms with Gasteiger partial charge in [-0.05, 0) is 33.8 Å². The van der Waals surface area contributed by atoms with Crippen LogP contribution in [0, 0.1) is 6.92 Å². The van der Waals surface area contributed by atoms with Crippen LogP contribution in [0.4, 0.5) is 4.79 Å². The van der Waals surface area contributed by atoms with Gasteiger partial charge in [-0.25, -0.2) is 4.79 Å². The van der Waals surface area contributed by atoms with Gasteiger partial charge in [0.1, 0.15) is 5.60 Å². The first-order chi connectivity index (χ1) is 10.7. The van der Waals surface area contributed by atoms with Crippen molar-refractivity contribution in [2.45, 2.75) is 51.8 Å². The first kappa shape index (κ1) is 17.7. The lowest BCUT2D eigenvalue weighted by Crippen LogP contribution is -2.58. The van der Waals surface area contributed by atoms with Gasteiger partial charge in [-0.2, -0.15) is 5.10 Å². The van der Waals surface area contributed by atoms with Gasteiger partial charge in [0.2, 0.25) is 0 Å². The number of hydrogen-bond acceptors (Lipinski definition) is 5. The lowest BCUT2D eigenvalue weighted by atomic mass is 10.0. The van der Waals surface area contributed by atoms with Gasteiger partial charge in [0.25, 0.3) is 0 Å². The van der Waals surface area contributed by atoms with Crippen LogP contribution in [-0.4, -0.2) is 58.2 Å². The lowest BCUT2D eigenvalue weighted by Gasteiger charge is -2.39. The molecule has 1 fully saturated rings. The van der Waals surface area contributed by atoms with E-state index in [0.717, 1.165) is 11.4 Å². The van der Waals surface area contributed by atoms with E-state index < -0.39 is 5.60 Å². The Morgan fingerprint density at radius 1 is 1.57 bits per heavy atom. The number of aryl methyl sites for hydroxylation is 2. The number of nitrogens with two attached hydrogens (primary N) is 1. The van der Waals surface area contributed by atoms with Gasteiger partial charge in [-0.15, -0.1) is 0 Å². The van der Waals surface area contributed by atoms with Crippen LogP contribution in [0.5, 0.6) is 0 Å². The quantitative estimate of drug-likeness (QED) is 0.904. The minimum atomic E-state index is -0.525. The van der Waals surface area contributed by atoms with Gasteiger partial charge >= 0.3 is 6.09 Å². The predicted molar refractivity (Wildman–Crippen MR) is 87.2 cm³/mol. The maximum absolute atomic E-state index is 12.4. The van der Waals surface area contributed by atoms with Crippen LogP contribution >= 0.6 is 0 Å². The largest absolute Gasteiger partial charge is 0.444 e.